The lowest BCUT2D eigenvalue weighted by Crippen LogP contribution is -2.34. The average molecular weight is 347 g/mol. The van der Waals surface area contributed by atoms with Gasteiger partial charge in [-0.15, -0.1) is 0 Å². The molecule has 1 aromatic rings. The predicted molar refractivity (Wildman–Crippen MR) is 102 cm³/mol. The number of carbonyl (C=O) groups is 1. The van der Waals surface area contributed by atoms with Gasteiger partial charge in [0.2, 0.25) is 0 Å². The van der Waals surface area contributed by atoms with Gasteiger partial charge in [-0.05, 0) is 79.5 Å². The minimum atomic E-state index is -0.263. The van der Waals surface area contributed by atoms with Crippen LogP contribution in [0.1, 0.15) is 87.2 Å². The van der Waals surface area contributed by atoms with Crippen molar-refractivity contribution in [3.8, 4) is 0 Å². The number of esters is 1. The third kappa shape index (κ3) is 4.25. The smallest absolute Gasteiger partial charge is 0.337 e. The second kappa shape index (κ2) is 8.84. The first-order chi connectivity index (χ1) is 12.0. The van der Waals surface area contributed by atoms with Crippen molar-refractivity contribution < 1.29 is 14.6 Å². The average Bonchev–Trinajstić information content (AvgIpc) is 2.75. The molecule has 0 aliphatic heterocycles. The number of rotatable bonds is 7. The van der Waals surface area contributed by atoms with Crippen LogP contribution in [0.15, 0.2) is 18.2 Å². The lowest BCUT2D eigenvalue weighted by Gasteiger charge is -2.40. The molecule has 3 heteroatoms. The minimum Gasteiger partial charge on any atom is -0.465 e. The molecule has 1 N–H and O–H groups in total. The SMILES string of the molecule is CCCC(O)CCC1(CC)c2ccc(C(=O)OC)cc2CCCC1C. The van der Waals surface area contributed by atoms with E-state index in [0.29, 0.717) is 11.5 Å². The predicted octanol–water partition coefficient (Wildman–Crippen LogP) is 5.03. The number of carbonyl (C=O) groups excluding carboxylic acids is 1. The van der Waals surface area contributed by atoms with Crippen LogP contribution in [0.4, 0.5) is 0 Å². The van der Waals surface area contributed by atoms with E-state index >= 15 is 0 Å². The number of hydrogen-bond acceptors (Lipinski definition) is 3. The number of methoxy groups -OCH3 is 1. The van der Waals surface area contributed by atoms with Gasteiger partial charge in [-0.1, -0.05) is 33.3 Å². The largest absolute Gasteiger partial charge is 0.465 e. The molecular weight excluding hydrogens is 312 g/mol. The van der Waals surface area contributed by atoms with Gasteiger partial charge in [-0.2, -0.15) is 0 Å². The van der Waals surface area contributed by atoms with Crippen LogP contribution in [-0.4, -0.2) is 24.3 Å². The van der Waals surface area contributed by atoms with Gasteiger partial charge >= 0.3 is 5.97 Å². The van der Waals surface area contributed by atoms with Crippen LogP contribution in [-0.2, 0) is 16.6 Å². The van der Waals surface area contributed by atoms with Crippen molar-refractivity contribution in [2.24, 2.45) is 5.92 Å². The van der Waals surface area contributed by atoms with Gasteiger partial charge in [0, 0.05) is 0 Å². The molecule has 3 atom stereocenters. The highest BCUT2D eigenvalue weighted by Gasteiger charge is 2.39. The second-order valence-electron chi connectivity index (χ2n) is 7.65. The van der Waals surface area contributed by atoms with Gasteiger partial charge in [0.15, 0.2) is 0 Å². The lowest BCUT2D eigenvalue weighted by atomic mass is 9.65. The van der Waals surface area contributed by atoms with Gasteiger partial charge < -0.3 is 9.84 Å². The number of ether oxygens (including phenoxy) is 1. The summed E-state index contributed by atoms with van der Waals surface area (Å²) in [6, 6.07) is 6.10. The Morgan fingerprint density at radius 1 is 1.36 bits per heavy atom. The maximum absolute atomic E-state index is 11.9. The first-order valence-electron chi connectivity index (χ1n) is 9.88. The van der Waals surface area contributed by atoms with Crippen molar-refractivity contribution in [2.75, 3.05) is 7.11 Å². The zero-order valence-corrected chi connectivity index (χ0v) is 16.3. The summed E-state index contributed by atoms with van der Waals surface area (Å²) in [5.74, 6) is 0.317. The number of aryl methyl sites for hydroxylation is 1. The van der Waals surface area contributed by atoms with Gasteiger partial charge in [0.1, 0.15) is 0 Å². The molecule has 25 heavy (non-hydrogen) atoms. The standard InChI is InChI=1S/C22H34O3/c1-5-8-19(23)13-14-22(6-2)16(3)9-7-10-17-15-18(21(24)25-4)11-12-20(17)22/h11-12,15-16,19,23H,5-10,13-14H2,1-4H3. The van der Waals surface area contributed by atoms with Crippen LogP contribution in [0.25, 0.3) is 0 Å². The molecule has 1 aromatic carbocycles. The second-order valence-corrected chi connectivity index (χ2v) is 7.65. The highest BCUT2D eigenvalue weighted by Crippen LogP contribution is 2.46. The summed E-state index contributed by atoms with van der Waals surface area (Å²) in [5.41, 5.74) is 3.41. The molecule has 140 valence electrons. The van der Waals surface area contributed by atoms with Crippen LogP contribution in [0.2, 0.25) is 0 Å². The Bertz CT molecular complexity index is 581. The Balaban J connectivity index is 2.39. The number of hydrogen-bond donors (Lipinski definition) is 1. The highest BCUT2D eigenvalue weighted by molar-refractivity contribution is 5.89. The van der Waals surface area contributed by atoms with Crippen LogP contribution >= 0.6 is 0 Å². The van der Waals surface area contributed by atoms with E-state index in [1.165, 1.54) is 24.7 Å². The van der Waals surface area contributed by atoms with Gasteiger partial charge in [-0.25, -0.2) is 4.79 Å². The van der Waals surface area contributed by atoms with Crippen molar-refractivity contribution in [1.82, 2.24) is 0 Å². The van der Waals surface area contributed by atoms with Crippen LogP contribution in [0, 0.1) is 5.92 Å². The number of fused-ring (bicyclic) bond motifs is 1. The highest BCUT2D eigenvalue weighted by atomic mass is 16.5. The van der Waals surface area contributed by atoms with E-state index in [4.69, 9.17) is 4.74 Å². The van der Waals surface area contributed by atoms with E-state index in [1.54, 1.807) is 0 Å². The topological polar surface area (TPSA) is 46.5 Å². The summed E-state index contributed by atoms with van der Waals surface area (Å²) >= 11 is 0. The molecule has 0 heterocycles. The molecule has 1 aliphatic rings. The first kappa shape index (κ1) is 20.0. The molecule has 0 amide bonds. The van der Waals surface area contributed by atoms with Crippen LogP contribution in [0.5, 0.6) is 0 Å². The summed E-state index contributed by atoms with van der Waals surface area (Å²) in [4.78, 5) is 11.9. The molecular formula is C22H34O3. The Morgan fingerprint density at radius 2 is 2.12 bits per heavy atom. The zero-order valence-electron chi connectivity index (χ0n) is 16.3. The Labute approximate surface area is 152 Å². The third-order valence-corrected chi connectivity index (χ3v) is 6.27. The quantitative estimate of drug-likeness (QED) is 0.556. The van der Waals surface area contributed by atoms with E-state index in [1.807, 2.05) is 12.1 Å². The summed E-state index contributed by atoms with van der Waals surface area (Å²) < 4.78 is 4.89. The fourth-order valence-electron chi connectivity index (χ4n) is 4.67. The van der Waals surface area contributed by atoms with Crippen molar-refractivity contribution in [1.29, 1.82) is 0 Å². The molecule has 0 aromatic heterocycles. The summed E-state index contributed by atoms with van der Waals surface area (Å²) in [6.45, 7) is 6.75. The van der Waals surface area contributed by atoms with Gasteiger partial charge in [0.25, 0.3) is 0 Å². The van der Waals surface area contributed by atoms with E-state index in [-0.39, 0.29) is 17.5 Å². The molecule has 0 spiro atoms. The first-order valence-corrected chi connectivity index (χ1v) is 9.88. The minimum absolute atomic E-state index is 0.0925. The molecule has 0 radical (unpaired) electrons. The monoisotopic (exact) mass is 346 g/mol. The normalized spacial score (nSPS) is 24.3. The Kier molecular flexibility index (Phi) is 7.06. The van der Waals surface area contributed by atoms with E-state index in [2.05, 4.69) is 26.8 Å². The van der Waals surface area contributed by atoms with E-state index in [9.17, 15) is 9.90 Å². The molecule has 0 saturated heterocycles. The summed E-state index contributed by atoms with van der Waals surface area (Å²) in [7, 11) is 1.43. The lowest BCUT2D eigenvalue weighted by molar-refractivity contribution is 0.0600. The Hall–Kier alpha value is -1.35. The zero-order chi connectivity index (χ0) is 18.4. The molecule has 2 rings (SSSR count). The van der Waals surface area contributed by atoms with Crippen molar-refractivity contribution >= 4 is 5.97 Å². The van der Waals surface area contributed by atoms with Crippen molar-refractivity contribution in [3.63, 3.8) is 0 Å². The molecule has 0 fully saturated rings. The van der Waals surface area contributed by atoms with Gasteiger partial charge in [-0.3, -0.25) is 0 Å². The maximum Gasteiger partial charge on any atom is 0.337 e. The maximum atomic E-state index is 11.9. The van der Waals surface area contributed by atoms with E-state index < -0.39 is 0 Å². The van der Waals surface area contributed by atoms with Crippen molar-refractivity contribution in [3.05, 3.63) is 34.9 Å². The Morgan fingerprint density at radius 3 is 2.76 bits per heavy atom. The number of benzene rings is 1. The molecule has 0 bridgehead atoms. The van der Waals surface area contributed by atoms with Gasteiger partial charge in [0.05, 0.1) is 18.8 Å². The van der Waals surface area contributed by atoms with Crippen molar-refractivity contribution in [2.45, 2.75) is 83.7 Å². The molecule has 1 aliphatic carbocycles. The summed E-state index contributed by atoms with van der Waals surface area (Å²) in [6.07, 6.45) is 7.98. The summed E-state index contributed by atoms with van der Waals surface area (Å²) in [5, 5.41) is 10.3. The fraction of sp³-hybridized carbons (Fsp3) is 0.682. The van der Waals surface area contributed by atoms with E-state index in [0.717, 1.165) is 44.9 Å². The fourth-order valence-corrected chi connectivity index (χ4v) is 4.67. The number of aliphatic hydroxyl groups excluding tert-OH is 1. The molecule has 0 saturated carbocycles. The van der Waals surface area contributed by atoms with Crippen LogP contribution < -0.4 is 0 Å². The number of aliphatic hydroxyl groups is 1. The molecule has 3 unspecified atom stereocenters. The van der Waals surface area contributed by atoms with Crippen LogP contribution in [0.3, 0.4) is 0 Å². The third-order valence-electron chi connectivity index (χ3n) is 6.27. The molecule has 3 nitrogen and oxygen atoms in total.